The third kappa shape index (κ3) is 9.77. The zero-order chi connectivity index (χ0) is 14.7. The fraction of sp³-hybridized carbons (Fsp3) is 0.818. The van der Waals surface area contributed by atoms with Crippen LogP contribution >= 0.6 is 11.8 Å². The van der Waals surface area contributed by atoms with Gasteiger partial charge in [0.2, 0.25) is 0 Å². The van der Waals surface area contributed by atoms with Crippen LogP contribution in [0.15, 0.2) is 6.33 Å². The Morgan fingerprint density at radius 2 is 2.05 bits per heavy atom. The van der Waals surface area contributed by atoms with Crippen molar-refractivity contribution in [3.63, 3.8) is 0 Å². The molecule has 0 fully saturated rings. The Balaban J connectivity index is 0.00000154. The Bertz CT molecular complexity index is 303. The van der Waals surface area contributed by atoms with E-state index in [9.17, 15) is 13.2 Å². The lowest BCUT2D eigenvalue weighted by molar-refractivity contribution is -0.134. The van der Waals surface area contributed by atoms with Crippen LogP contribution in [0.2, 0.25) is 0 Å². The first-order valence-electron chi connectivity index (χ1n) is 6.24. The van der Waals surface area contributed by atoms with Gasteiger partial charge in [0, 0.05) is 6.42 Å². The summed E-state index contributed by atoms with van der Waals surface area (Å²) < 4.78 is 35.5. The molecule has 1 aromatic heterocycles. The molecule has 1 heterocycles. The molecule has 1 unspecified atom stereocenters. The van der Waals surface area contributed by atoms with Gasteiger partial charge in [0.25, 0.3) is 0 Å². The molecule has 0 radical (unpaired) electrons. The minimum atomic E-state index is -4.04. The zero-order valence-electron chi connectivity index (χ0n) is 11.2. The zero-order valence-corrected chi connectivity index (χ0v) is 12.0. The Morgan fingerprint density at radius 3 is 2.58 bits per heavy atom. The predicted molar refractivity (Wildman–Crippen MR) is 71.9 cm³/mol. The second-order valence-electron chi connectivity index (χ2n) is 3.60. The first-order chi connectivity index (χ1) is 8.99. The number of nitrogens with two attached hydrogens (primary N) is 1. The molecule has 0 saturated carbocycles. The number of H-pyrrole nitrogens is 1. The van der Waals surface area contributed by atoms with Gasteiger partial charge in [-0.15, -0.1) is 0 Å². The summed E-state index contributed by atoms with van der Waals surface area (Å²) in [7, 11) is 0. The van der Waals surface area contributed by atoms with Crippen LogP contribution in [0.4, 0.5) is 13.2 Å². The van der Waals surface area contributed by atoms with Crippen LogP contribution in [0.25, 0.3) is 0 Å². The lowest BCUT2D eigenvalue weighted by atomic mass is 10.2. The lowest BCUT2D eigenvalue weighted by Gasteiger charge is -2.08. The van der Waals surface area contributed by atoms with Crippen molar-refractivity contribution in [1.29, 1.82) is 0 Å². The third-order valence-corrected chi connectivity index (χ3v) is 3.21. The first-order valence-corrected chi connectivity index (χ1v) is 7.40. The van der Waals surface area contributed by atoms with Crippen LogP contribution in [0, 0.1) is 0 Å². The van der Waals surface area contributed by atoms with Crippen molar-refractivity contribution < 1.29 is 13.2 Å². The SMILES string of the molecule is CC.NC(CCSCCCC(F)(F)F)c1ncn[nH]1. The van der Waals surface area contributed by atoms with Crippen molar-refractivity contribution in [2.45, 2.75) is 45.3 Å². The van der Waals surface area contributed by atoms with Gasteiger partial charge in [-0.05, 0) is 24.3 Å². The van der Waals surface area contributed by atoms with Crippen molar-refractivity contribution in [3.05, 3.63) is 12.2 Å². The minimum absolute atomic E-state index is 0.158. The smallest absolute Gasteiger partial charge is 0.321 e. The van der Waals surface area contributed by atoms with Gasteiger partial charge in [-0.2, -0.15) is 30.0 Å². The highest BCUT2D eigenvalue weighted by Crippen LogP contribution is 2.23. The van der Waals surface area contributed by atoms with E-state index in [4.69, 9.17) is 5.73 Å². The number of halogens is 3. The monoisotopic (exact) mass is 298 g/mol. The number of aromatic nitrogens is 3. The third-order valence-electron chi connectivity index (χ3n) is 2.11. The summed E-state index contributed by atoms with van der Waals surface area (Å²) in [5.41, 5.74) is 5.80. The molecule has 19 heavy (non-hydrogen) atoms. The normalized spacial score (nSPS) is 12.7. The van der Waals surface area contributed by atoms with Crippen LogP contribution in [0.5, 0.6) is 0 Å². The molecule has 0 amide bonds. The Kier molecular flexibility index (Phi) is 9.68. The predicted octanol–water partition coefficient (Wildman–Crippen LogP) is 3.30. The molecule has 0 aliphatic rings. The molecule has 0 saturated heterocycles. The molecule has 4 nitrogen and oxygen atoms in total. The van der Waals surface area contributed by atoms with Crippen molar-refractivity contribution >= 4 is 11.8 Å². The molecule has 1 rings (SSSR count). The van der Waals surface area contributed by atoms with E-state index in [1.54, 1.807) is 0 Å². The van der Waals surface area contributed by atoms with Crippen molar-refractivity contribution in [1.82, 2.24) is 15.2 Å². The van der Waals surface area contributed by atoms with Gasteiger partial charge < -0.3 is 5.73 Å². The van der Waals surface area contributed by atoms with Crippen LogP contribution in [0.3, 0.4) is 0 Å². The number of nitrogens with zero attached hydrogens (tertiary/aromatic N) is 2. The fourth-order valence-electron chi connectivity index (χ4n) is 1.22. The maximum Gasteiger partial charge on any atom is 0.389 e. The highest BCUT2D eigenvalue weighted by atomic mass is 32.2. The van der Waals surface area contributed by atoms with E-state index in [-0.39, 0.29) is 12.5 Å². The number of hydrogen-bond acceptors (Lipinski definition) is 4. The van der Waals surface area contributed by atoms with Gasteiger partial charge in [-0.1, -0.05) is 13.8 Å². The van der Waals surface area contributed by atoms with E-state index in [2.05, 4.69) is 15.2 Å². The highest BCUT2D eigenvalue weighted by molar-refractivity contribution is 7.99. The molecular weight excluding hydrogens is 277 g/mol. The number of alkyl halides is 3. The van der Waals surface area contributed by atoms with E-state index in [0.29, 0.717) is 18.0 Å². The summed E-state index contributed by atoms with van der Waals surface area (Å²) in [6, 6.07) is -0.229. The number of nitrogens with one attached hydrogen (secondary N) is 1. The second kappa shape index (κ2) is 10.1. The maximum atomic E-state index is 11.8. The van der Waals surface area contributed by atoms with E-state index in [0.717, 1.165) is 5.75 Å². The molecule has 0 spiro atoms. The number of hydrogen-bond donors (Lipinski definition) is 2. The van der Waals surface area contributed by atoms with Crippen LogP contribution in [-0.4, -0.2) is 32.9 Å². The van der Waals surface area contributed by atoms with Crippen LogP contribution in [0.1, 0.15) is 45.0 Å². The van der Waals surface area contributed by atoms with Crippen LogP contribution in [-0.2, 0) is 0 Å². The lowest BCUT2D eigenvalue weighted by Crippen LogP contribution is -2.13. The molecule has 0 aromatic carbocycles. The molecule has 112 valence electrons. The quantitative estimate of drug-likeness (QED) is 0.758. The van der Waals surface area contributed by atoms with E-state index in [1.807, 2.05) is 13.8 Å². The summed E-state index contributed by atoms with van der Waals surface area (Å²) in [5, 5.41) is 6.34. The summed E-state index contributed by atoms with van der Waals surface area (Å²) in [6.45, 7) is 4.00. The van der Waals surface area contributed by atoms with Crippen molar-refractivity contribution in [3.8, 4) is 0 Å². The van der Waals surface area contributed by atoms with E-state index < -0.39 is 12.6 Å². The second-order valence-corrected chi connectivity index (χ2v) is 4.82. The molecule has 8 heteroatoms. The molecule has 1 aromatic rings. The minimum Gasteiger partial charge on any atom is -0.321 e. The summed E-state index contributed by atoms with van der Waals surface area (Å²) in [4.78, 5) is 3.91. The Morgan fingerprint density at radius 1 is 1.37 bits per heavy atom. The molecule has 0 aliphatic carbocycles. The molecule has 0 bridgehead atoms. The van der Waals surface area contributed by atoms with Gasteiger partial charge in [0.15, 0.2) is 0 Å². The molecule has 1 atom stereocenters. The summed E-state index contributed by atoms with van der Waals surface area (Å²) >= 11 is 1.48. The standard InChI is InChI=1S/C9H15F3N4S.C2H6/c10-9(11,12)3-1-4-17-5-2-7(13)8-14-6-15-16-8;1-2/h6-7H,1-5,13H2,(H,14,15,16);1-2H3. The van der Waals surface area contributed by atoms with Gasteiger partial charge in [-0.3, -0.25) is 5.10 Å². The van der Waals surface area contributed by atoms with Gasteiger partial charge in [0.1, 0.15) is 12.2 Å². The van der Waals surface area contributed by atoms with Gasteiger partial charge in [-0.25, -0.2) is 4.98 Å². The van der Waals surface area contributed by atoms with Crippen molar-refractivity contribution in [2.75, 3.05) is 11.5 Å². The highest BCUT2D eigenvalue weighted by Gasteiger charge is 2.25. The molecule has 3 N–H and O–H groups in total. The van der Waals surface area contributed by atoms with E-state index in [1.165, 1.54) is 18.1 Å². The number of rotatable bonds is 7. The fourth-order valence-corrected chi connectivity index (χ4v) is 2.19. The van der Waals surface area contributed by atoms with Gasteiger partial charge >= 0.3 is 6.18 Å². The molecule has 0 aliphatic heterocycles. The van der Waals surface area contributed by atoms with Gasteiger partial charge in [0.05, 0.1) is 6.04 Å². The average molecular weight is 298 g/mol. The Hall–Kier alpha value is -0.760. The summed E-state index contributed by atoms with van der Waals surface area (Å²) in [5.74, 6) is 1.84. The molecular formula is C11H21F3N4S. The Labute approximate surface area is 115 Å². The largest absolute Gasteiger partial charge is 0.389 e. The number of thioether (sulfide) groups is 1. The first kappa shape index (κ1) is 18.2. The number of aromatic amines is 1. The maximum absolute atomic E-state index is 11.8. The topological polar surface area (TPSA) is 67.6 Å². The average Bonchev–Trinajstić information content (AvgIpc) is 2.88. The summed E-state index contributed by atoms with van der Waals surface area (Å²) in [6.07, 6.45) is -2.55. The van der Waals surface area contributed by atoms with Crippen molar-refractivity contribution in [2.24, 2.45) is 5.73 Å². The van der Waals surface area contributed by atoms with Crippen LogP contribution < -0.4 is 5.73 Å². The van der Waals surface area contributed by atoms with E-state index >= 15 is 0 Å².